The summed E-state index contributed by atoms with van der Waals surface area (Å²) < 4.78 is 5.23. The van der Waals surface area contributed by atoms with Crippen molar-refractivity contribution in [3.63, 3.8) is 0 Å². The molecule has 0 fully saturated rings. The fraction of sp³-hybridized carbons (Fsp3) is 0.625. The average Bonchev–Trinajstić information content (AvgIpc) is 2.35. The Kier molecular flexibility index (Phi) is 6.89. The van der Waals surface area contributed by atoms with Gasteiger partial charge in [0.15, 0.2) is 0 Å². The van der Waals surface area contributed by atoms with Crippen LogP contribution >= 0.6 is 0 Å². The van der Waals surface area contributed by atoms with Gasteiger partial charge in [0.1, 0.15) is 0 Å². The van der Waals surface area contributed by atoms with E-state index in [4.69, 9.17) is 10.5 Å². The zero-order valence-corrected chi connectivity index (χ0v) is 12.8. The van der Waals surface area contributed by atoms with Gasteiger partial charge in [-0.3, -0.25) is 0 Å². The number of benzene rings is 1. The van der Waals surface area contributed by atoms with Crippen LogP contribution in [0.5, 0.6) is 0 Å². The molecule has 0 aliphatic heterocycles. The Bertz CT molecular complexity index is 377. The summed E-state index contributed by atoms with van der Waals surface area (Å²) in [7, 11) is 1.75. The summed E-state index contributed by atoms with van der Waals surface area (Å²) in [6.45, 7) is 10.0. The van der Waals surface area contributed by atoms with Crippen LogP contribution in [0.2, 0.25) is 0 Å². The van der Waals surface area contributed by atoms with Crippen LogP contribution in [0.3, 0.4) is 0 Å². The quantitative estimate of drug-likeness (QED) is 0.784. The topological polar surface area (TPSA) is 38.5 Å². The van der Waals surface area contributed by atoms with Gasteiger partial charge in [0.05, 0.1) is 6.61 Å². The normalized spacial score (nSPS) is 11.1. The third kappa shape index (κ3) is 5.21. The van der Waals surface area contributed by atoms with Gasteiger partial charge >= 0.3 is 0 Å². The molecule has 2 N–H and O–H groups in total. The molecule has 0 radical (unpaired) electrons. The number of ether oxygens (including phenoxy) is 1. The van der Waals surface area contributed by atoms with Crippen LogP contribution in [-0.4, -0.2) is 33.4 Å². The van der Waals surface area contributed by atoms with Crippen molar-refractivity contribution < 1.29 is 4.74 Å². The molecule has 0 unspecified atom stereocenters. The minimum absolute atomic E-state index is 0.629. The fourth-order valence-electron chi connectivity index (χ4n) is 2.33. The van der Waals surface area contributed by atoms with Gasteiger partial charge in [0.25, 0.3) is 0 Å². The van der Waals surface area contributed by atoms with Crippen LogP contribution in [0.4, 0.5) is 5.69 Å². The maximum Gasteiger partial charge on any atom is 0.0637 e. The predicted octanol–water partition coefficient (Wildman–Crippen LogP) is 2.61. The second-order valence-corrected chi connectivity index (χ2v) is 5.50. The lowest BCUT2D eigenvalue weighted by Crippen LogP contribution is -2.32. The molecule has 0 amide bonds. The van der Waals surface area contributed by atoms with Crippen molar-refractivity contribution in [2.45, 2.75) is 27.2 Å². The Morgan fingerprint density at radius 2 is 2.05 bits per heavy atom. The van der Waals surface area contributed by atoms with E-state index in [2.05, 4.69) is 43.9 Å². The summed E-state index contributed by atoms with van der Waals surface area (Å²) >= 11 is 0. The highest BCUT2D eigenvalue weighted by atomic mass is 16.5. The lowest BCUT2D eigenvalue weighted by atomic mass is 10.0. The van der Waals surface area contributed by atoms with E-state index in [1.807, 2.05) is 0 Å². The Labute approximate surface area is 117 Å². The first-order valence-corrected chi connectivity index (χ1v) is 7.12. The van der Waals surface area contributed by atoms with Crippen LogP contribution in [0.25, 0.3) is 0 Å². The molecular formula is C16H28N2O. The summed E-state index contributed by atoms with van der Waals surface area (Å²) in [5.41, 5.74) is 9.69. The molecule has 3 heteroatoms. The lowest BCUT2D eigenvalue weighted by Gasteiger charge is -2.29. The van der Waals surface area contributed by atoms with Crippen LogP contribution in [0.1, 0.15) is 25.0 Å². The monoisotopic (exact) mass is 264 g/mol. The van der Waals surface area contributed by atoms with Gasteiger partial charge in [0.2, 0.25) is 0 Å². The molecule has 0 spiro atoms. The highest BCUT2D eigenvalue weighted by Crippen LogP contribution is 2.23. The van der Waals surface area contributed by atoms with Crippen molar-refractivity contribution in [3.05, 3.63) is 29.3 Å². The van der Waals surface area contributed by atoms with Crippen molar-refractivity contribution in [1.82, 2.24) is 0 Å². The molecule has 108 valence electrons. The molecule has 0 aliphatic carbocycles. The summed E-state index contributed by atoms with van der Waals surface area (Å²) in [5.74, 6) is 0.629. The molecule has 0 heterocycles. The Hall–Kier alpha value is -1.06. The van der Waals surface area contributed by atoms with Gasteiger partial charge < -0.3 is 15.4 Å². The van der Waals surface area contributed by atoms with Gasteiger partial charge in [0, 0.05) is 25.9 Å². The lowest BCUT2D eigenvalue weighted by molar-refractivity contribution is 0.204. The van der Waals surface area contributed by atoms with Gasteiger partial charge in [-0.15, -0.1) is 0 Å². The van der Waals surface area contributed by atoms with E-state index in [0.29, 0.717) is 12.5 Å². The third-order valence-electron chi connectivity index (χ3n) is 3.14. The average molecular weight is 264 g/mol. The Balaban J connectivity index is 2.98. The minimum Gasteiger partial charge on any atom is -0.383 e. The second kappa shape index (κ2) is 8.18. The van der Waals surface area contributed by atoms with E-state index in [1.165, 1.54) is 16.8 Å². The molecule has 0 saturated carbocycles. The van der Waals surface area contributed by atoms with Gasteiger partial charge in [-0.1, -0.05) is 31.5 Å². The van der Waals surface area contributed by atoms with Gasteiger partial charge in [-0.2, -0.15) is 0 Å². The van der Waals surface area contributed by atoms with Crippen LogP contribution in [-0.2, 0) is 11.2 Å². The minimum atomic E-state index is 0.629. The fourth-order valence-corrected chi connectivity index (χ4v) is 2.33. The Morgan fingerprint density at radius 3 is 2.63 bits per heavy atom. The number of hydrogen-bond acceptors (Lipinski definition) is 3. The molecule has 1 aromatic carbocycles. The summed E-state index contributed by atoms with van der Waals surface area (Å²) in [5, 5.41) is 0. The second-order valence-electron chi connectivity index (χ2n) is 5.50. The maximum absolute atomic E-state index is 5.74. The first-order valence-electron chi connectivity index (χ1n) is 7.12. The molecule has 0 aromatic heterocycles. The number of hydrogen-bond donors (Lipinski definition) is 1. The summed E-state index contributed by atoms with van der Waals surface area (Å²) in [6, 6.07) is 6.65. The van der Waals surface area contributed by atoms with Crippen molar-refractivity contribution in [2.24, 2.45) is 11.7 Å². The summed E-state index contributed by atoms with van der Waals surface area (Å²) in [4.78, 5) is 2.42. The van der Waals surface area contributed by atoms with Crippen LogP contribution in [0, 0.1) is 12.8 Å². The first-order chi connectivity index (χ1) is 9.08. The molecule has 19 heavy (non-hydrogen) atoms. The maximum atomic E-state index is 5.74. The molecule has 0 aliphatic rings. The van der Waals surface area contributed by atoms with Crippen molar-refractivity contribution in [3.8, 4) is 0 Å². The first kappa shape index (κ1) is 16.0. The van der Waals surface area contributed by atoms with E-state index < -0.39 is 0 Å². The number of rotatable bonds is 8. The molecule has 1 rings (SSSR count). The molecule has 0 atom stereocenters. The van der Waals surface area contributed by atoms with Crippen molar-refractivity contribution in [2.75, 3.05) is 38.3 Å². The smallest absolute Gasteiger partial charge is 0.0637 e. The van der Waals surface area contributed by atoms with E-state index in [-0.39, 0.29) is 0 Å². The van der Waals surface area contributed by atoms with E-state index in [9.17, 15) is 0 Å². The largest absolute Gasteiger partial charge is 0.383 e. The standard InChI is InChI=1S/C16H28N2O/c1-13(2)12-18(9-10-19-4)16-6-5-14(3)11-15(16)7-8-17/h5-6,11,13H,7-10,12,17H2,1-4H3. The number of anilines is 1. The molecule has 3 nitrogen and oxygen atoms in total. The van der Waals surface area contributed by atoms with Crippen LogP contribution in [0.15, 0.2) is 18.2 Å². The Morgan fingerprint density at radius 1 is 1.32 bits per heavy atom. The number of nitrogens with zero attached hydrogens (tertiary/aromatic N) is 1. The van der Waals surface area contributed by atoms with E-state index in [0.717, 1.165) is 26.1 Å². The van der Waals surface area contributed by atoms with E-state index >= 15 is 0 Å². The third-order valence-corrected chi connectivity index (χ3v) is 3.14. The van der Waals surface area contributed by atoms with E-state index in [1.54, 1.807) is 7.11 Å². The zero-order chi connectivity index (χ0) is 14.3. The van der Waals surface area contributed by atoms with Gasteiger partial charge in [-0.05, 0) is 37.4 Å². The molecule has 1 aromatic rings. The van der Waals surface area contributed by atoms with Crippen LogP contribution < -0.4 is 10.6 Å². The highest BCUT2D eigenvalue weighted by Gasteiger charge is 2.12. The number of methoxy groups -OCH3 is 1. The van der Waals surface area contributed by atoms with Gasteiger partial charge in [-0.25, -0.2) is 0 Å². The zero-order valence-electron chi connectivity index (χ0n) is 12.8. The molecule has 0 saturated heterocycles. The highest BCUT2D eigenvalue weighted by molar-refractivity contribution is 5.55. The predicted molar refractivity (Wildman–Crippen MR) is 82.9 cm³/mol. The SMILES string of the molecule is COCCN(CC(C)C)c1ccc(C)cc1CCN. The summed E-state index contributed by atoms with van der Waals surface area (Å²) in [6.07, 6.45) is 0.929. The van der Waals surface area contributed by atoms with Crippen molar-refractivity contribution >= 4 is 5.69 Å². The number of aryl methyl sites for hydroxylation is 1. The van der Waals surface area contributed by atoms with Crippen molar-refractivity contribution in [1.29, 1.82) is 0 Å². The molecular weight excluding hydrogens is 236 g/mol. The number of nitrogens with two attached hydrogens (primary N) is 1. The molecule has 0 bridgehead atoms.